The van der Waals surface area contributed by atoms with Gasteiger partial charge in [0.25, 0.3) is 0 Å². The molecule has 1 aromatic rings. The van der Waals surface area contributed by atoms with Gasteiger partial charge in [-0.1, -0.05) is 12.7 Å². The van der Waals surface area contributed by atoms with Gasteiger partial charge in [-0.2, -0.15) is 0 Å². The molecule has 2 unspecified atom stereocenters. The molecule has 1 aromatic heterocycles. The van der Waals surface area contributed by atoms with Gasteiger partial charge in [-0.25, -0.2) is 0 Å². The summed E-state index contributed by atoms with van der Waals surface area (Å²) in [6.45, 7) is 5.23. The van der Waals surface area contributed by atoms with E-state index in [2.05, 4.69) is 11.9 Å². The fourth-order valence-corrected chi connectivity index (χ4v) is 3.90. The van der Waals surface area contributed by atoms with Gasteiger partial charge >= 0.3 is 7.60 Å². The van der Waals surface area contributed by atoms with Crippen molar-refractivity contribution in [2.24, 2.45) is 0 Å². The molecule has 0 fully saturated rings. The number of rotatable bonds is 7. The molecule has 2 aliphatic heterocycles. The Bertz CT molecular complexity index is 853. The first-order chi connectivity index (χ1) is 12.1. The molecule has 142 valence electrons. The zero-order chi connectivity index (χ0) is 19.3. The second-order valence-corrected chi connectivity index (χ2v) is 8.36. The van der Waals surface area contributed by atoms with Crippen molar-refractivity contribution in [2.75, 3.05) is 12.7 Å². The molecule has 2 atom stereocenters. The number of hydrogen-bond donors (Lipinski definition) is 5. The van der Waals surface area contributed by atoms with Gasteiger partial charge in [-0.15, -0.1) is 0 Å². The van der Waals surface area contributed by atoms with Crippen LogP contribution in [0.3, 0.4) is 0 Å². The summed E-state index contributed by atoms with van der Waals surface area (Å²) in [4.78, 5) is 29.7. The van der Waals surface area contributed by atoms with Crippen molar-refractivity contribution in [1.29, 1.82) is 0 Å². The summed E-state index contributed by atoms with van der Waals surface area (Å²) in [5.41, 5.74) is 0.00734. The van der Waals surface area contributed by atoms with Gasteiger partial charge in [0.15, 0.2) is 0 Å². The van der Waals surface area contributed by atoms with Gasteiger partial charge < -0.3 is 30.1 Å². The lowest BCUT2D eigenvalue weighted by atomic mass is 9.89. The molecule has 0 saturated heterocycles. The van der Waals surface area contributed by atoms with Crippen LogP contribution in [0.4, 0.5) is 0 Å². The van der Waals surface area contributed by atoms with Crippen LogP contribution in [0.15, 0.2) is 24.3 Å². The highest BCUT2D eigenvalue weighted by Gasteiger charge is 2.52. The predicted octanol–water partition coefficient (Wildman–Crippen LogP) is 0.996. The van der Waals surface area contributed by atoms with E-state index in [1.54, 1.807) is 19.1 Å². The number of aromatic hydroxyl groups is 2. The maximum Gasteiger partial charge on any atom is 0.325 e. The van der Waals surface area contributed by atoms with Gasteiger partial charge in [0.2, 0.25) is 17.7 Å². The number of nitrogens with one attached hydrogen (secondary N) is 1. The number of aromatic nitrogens is 1. The Morgan fingerprint density at radius 2 is 2.12 bits per heavy atom. The van der Waals surface area contributed by atoms with Crippen molar-refractivity contribution in [3.8, 4) is 11.8 Å². The molecule has 0 saturated carbocycles. The molecule has 0 aromatic carbocycles. The molecule has 0 radical (unpaired) electrons. The Balaban J connectivity index is 1.86. The van der Waals surface area contributed by atoms with Gasteiger partial charge in [0.05, 0.1) is 23.8 Å². The third kappa shape index (κ3) is 3.07. The maximum atomic E-state index is 11.8. The van der Waals surface area contributed by atoms with Crippen LogP contribution in [0.25, 0.3) is 0 Å². The summed E-state index contributed by atoms with van der Waals surface area (Å²) in [7, 11) is -4.16. The van der Waals surface area contributed by atoms with Crippen molar-refractivity contribution in [2.45, 2.75) is 31.6 Å². The number of hydrogen-bond acceptors (Lipinski definition) is 5. The minimum Gasteiger partial charge on any atom is -0.494 e. The summed E-state index contributed by atoms with van der Waals surface area (Å²) in [5.74, 6) is -0.789. The Morgan fingerprint density at radius 3 is 2.73 bits per heavy atom. The quantitative estimate of drug-likeness (QED) is 0.268. The van der Waals surface area contributed by atoms with E-state index in [4.69, 9.17) is 14.5 Å². The monoisotopic (exact) mass is 384 g/mol. The Labute approximate surface area is 149 Å². The summed E-state index contributed by atoms with van der Waals surface area (Å²) < 4.78 is 18.1. The first-order valence-corrected chi connectivity index (χ1v) is 9.86. The average Bonchev–Trinajstić information content (AvgIpc) is 3.17. The molecular formula is C16H21N2O7P. The van der Waals surface area contributed by atoms with E-state index in [-0.39, 0.29) is 43.3 Å². The lowest BCUT2D eigenvalue weighted by molar-refractivity contribution is -0.118. The van der Waals surface area contributed by atoms with Gasteiger partial charge in [0.1, 0.15) is 11.7 Å². The van der Waals surface area contributed by atoms with E-state index in [0.717, 1.165) is 0 Å². The van der Waals surface area contributed by atoms with E-state index in [9.17, 15) is 19.6 Å². The molecule has 0 aliphatic carbocycles. The molecule has 2 aliphatic rings. The minimum absolute atomic E-state index is 0.0384. The number of ether oxygens (including phenoxy) is 1. The summed E-state index contributed by atoms with van der Waals surface area (Å²) in [6, 6.07) is 0. The molecular weight excluding hydrogens is 363 g/mol. The smallest absolute Gasteiger partial charge is 0.325 e. The van der Waals surface area contributed by atoms with Crippen molar-refractivity contribution in [1.82, 2.24) is 9.88 Å². The Morgan fingerprint density at radius 1 is 1.42 bits per heavy atom. The number of amides is 1. The predicted molar refractivity (Wildman–Crippen MR) is 91.8 cm³/mol. The standard InChI is InChI=1S/C16H21N2O7P/c1-9(2)13(19)17-8-16-5-4-10(25-16)11-12(16)15(21)18(14(11)20)6-3-7-26(22,23)24/h4-5,10,20-21H,1,3,6-8H2,2H3,(H,17,19)(H2,22,23,24). The van der Waals surface area contributed by atoms with Crippen LogP contribution in [0.2, 0.25) is 0 Å². The summed E-state index contributed by atoms with van der Waals surface area (Å²) >= 11 is 0. The molecule has 9 nitrogen and oxygen atoms in total. The Hall–Kier alpha value is -2.06. The second kappa shape index (κ2) is 6.28. The molecule has 3 rings (SSSR count). The van der Waals surface area contributed by atoms with Crippen LogP contribution < -0.4 is 5.32 Å². The fraction of sp³-hybridized carbons (Fsp3) is 0.438. The molecule has 10 heteroatoms. The van der Waals surface area contributed by atoms with Crippen molar-refractivity contribution >= 4 is 13.5 Å². The maximum absolute atomic E-state index is 11.8. The van der Waals surface area contributed by atoms with E-state index >= 15 is 0 Å². The minimum atomic E-state index is -4.16. The first kappa shape index (κ1) is 18.7. The van der Waals surface area contributed by atoms with E-state index < -0.39 is 19.3 Å². The van der Waals surface area contributed by atoms with Crippen LogP contribution in [0.1, 0.15) is 30.6 Å². The van der Waals surface area contributed by atoms with Gasteiger partial charge in [0, 0.05) is 12.1 Å². The zero-order valence-corrected chi connectivity index (χ0v) is 15.1. The summed E-state index contributed by atoms with van der Waals surface area (Å²) in [6.07, 6.45) is 2.62. The van der Waals surface area contributed by atoms with Crippen LogP contribution in [0, 0.1) is 0 Å². The molecule has 1 amide bonds. The molecule has 5 N–H and O–H groups in total. The van der Waals surface area contributed by atoms with Crippen LogP contribution in [-0.4, -0.2) is 43.2 Å². The summed E-state index contributed by atoms with van der Waals surface area (Å²) in [5, 5.41) is 23.7. The van der Waals surface area contributed by atoms with Crippen LogP contribution in [0.5, 0.6) is 11.8 Å². The van der Waals surface area contributed by atoms with Gasteiger partial charge in [-0.05, 0) is 19.4 Å². The van der Waals surface area contributed by atoms with Crippen molar-refractivity contribution in [3.05, 3.63) is 35.4 Å². The number of nitrogens with zero attached hydrogens (tertiary/aromatic N) is 1. The third-order valence-electron chi connectivity index (χ3n) is 4.56. The van der Waals surface area contributed by atoms with Crippen molar-refractivity contribution < 1.29 is 34.1 Å². The highest BCUT2D eigenvalue weighted by Crippen LogP contribution is 2.57. The lowest BCUT2D eigenvalue weighted by Crippen LogP contribution is -2.38. The van der Waals surface area contributed by atoms with E-state index in [1.807, 2.05) is 0 Å². The normalized spacial score (nSPS) is 23.3. The SMILES string of the molecule is C=C(C)C(=O)NCC12C=CC(O1)c1c2c(O)n(CCCP(=O)(O)O)c1O. The molecule has 2 bridgehead atoms. The van der Waals surface area contributed by atoms with E-state index in [1.165, 1.54) is 4.57 Å². The highest BCUT2D eigenvalue weighted by molar-refractivity contribution is 7.51. The molecule has 3 heterocycles. The third-order valence-corrected chi connectivity index (χ3v) is 5.46. The number of carbonyl (C=O) groups is 1. The molecule has 0 spiro atoms. The first-order valence-electron chi connectivity index (χ1n) is 8.06. The van der Waals surface area contributed by atoms with Crippen molar-refractivity contribution in [3.63, 3.8) is 0 Å². The topological polar surface area (TPSA) is 141 Å². The highest BCUT2D eigenvalue weighted by atomic mass is 31.2. The average molecular weight is 384 g/mol. The number of carbonyl (C=O) groups excluding carboxylic acids is 1. The molecule has 26 heavy (non-hydrogen) atoms. The Kier molecular flexibility index (Phi) is 4.52. The number of fused-ring (bicyclic) bond motifs is 5. The zero-order valence-electron chi connectivity index (χ0n) is 14.2. The lowest BCUT2D eigenvalue weighted by Gasteiger charge is -2.24. The van der Waals surface area contributed by atoms with Gasteiger partial charge in [-0.3, -0.25) is 13.9 Å². The van der Waals surface area contributed by atoms with Crippen LogP contribution in [-0.2, 0) is 26.2 Å². The largest absolute Gasteiger partial charge is 0.494 e. The van der Waals surface area contributed by atoms with E-state index in [0.29, 0.717) is 16.7 Å². The second-order valence-electron chi connectivity index (χ2n) is 6.58. The van der Waals surface area contributed by atoms with Crippen LogP contribution >= 0.6 is 7.60 Å². The fourth-order valence-electron chi connectivity index (χ4n) is 3.34.